The molecule has 3 rings (SSSR count). The Balaban J connectivity index is 1.89. The summed E-state index contributed by atoms with van der Waals surface area (Å²) in [4.78, 5) is 11.7. The highest BCUT2D eigenvalue weighted by Crippen LogP contribution is 2.33. The first-order chi connectivity index (χ1) is 11.8. The number of anilines is 1. The number of benzene rings is 2. The number of nitrogen functional groups attached to an aromatic ring is 1. The Bertz CT molecular complexity index is 901. The standard InChI is InChI=1S/C18H14F3NO3/c19-18(20,21)9-14(23)17-8-13-15(6-12(22)7-16(13)25-17)24-10-11-4-2-1-3-5-11/h1-8H,9-10,22H2. The third kappa shape index (κ3) is 4.12. The second kappa shape index (κ2) is 6.51. The van der Waals surface area contributed by atoms with Crippen molar-refractivity contribution in [2.75, 3.05) is 5.73 Å². The topological polar surface area (TPSA) is 65.5 Å². The molecule has 7 heteroatoms. The molecular formula is C18H14F3NO3. The van der Waals surface area contributed by atoms with Gasteiger partial charge in [0.2, 0.25) is 5.78 Å². The van der Waals surface area contributed by atoms with Gasteiger partial charge in [-0.3, -0.25) is 4.79 Å². The predicted octanol–water partition coefficient (Wildman–Crippen LogP) is 4.73. The summed E-state index contributed by atoms with van der Waals surface area (Å²) in [7, 11) is 0. The highest BCUT2D eigenvalue weighted by Gasteiger charge is 2.33. The summed E-state index contributed by atoms with van der Waals surface area (Å²) in [6, 6.07) is 13.6. The molecule has 1 heterocycles. The zero-order chi connectivity index (χ0) is 18.0. The molecule has 0 amide bonds. The van der Waals surface area contributed by atoms with E-state index in [2.05, 4.69) is 0 Å². The van der Waals surface area contributed by atoms with Crippen molar-refractivity contribution in [3.63, 3.8) is 0 Å². The van der Waals surface area contributed by atoms with Crippen LogP contribution in [0.1, 0.15) is 22.5 Å². The molecule has 130 valence electrons. The lowest BCUT2D eigenvalue weighted by Gasteiger charge is -2.08. The lowest BCUT2D eigenvalue weighted by atomic mass is 10.1. The summed E-state index contributed by atoms with van der Waals surface area (Å²) in [6.45, 7) is 0.246. The van der Waals surface area contributed by atoms with Crippen LogP contribution in [0.3, 0.4) is 0 Å². The Kier molecular flexibility index (Phi) is 4.39. The minimum absolute atomic E-state index is 0.202. The number of ether oxygens (including phenoxy) is 1. The number of fused-ring (bicyclic) bond motifs is 1. The molecule has 0 spiro atoms. The van der Waals surface area contributed by atoms with Crippen LogP contribution in [0.2, 0.25) is 0 Å². The number of Topliss-reactive ketones (excluding diaryl/α,β-unsaturated/α-hetero) is 1. The van der Waals surface area contributed by atoms with E-state index in [1.807, 2.05) is 30.3 Å². The molecule has 4 nitrogen and oxygen atoms in total. The quantitative estimate of drug-likeness (QED) is 0.534. The maximum Gasteiger partial charge on any atom is 0.396 e. The molecule has 0 bridgehead atoms. The van der Waals surface area contributed by atoms with Gasteiger partial charge in [0, 0.05) is 17.8 Å². The summed E-state index contributed by atoms with van der Waals surface area (Å²) in [6.07, 6.45) is -6.18. The Morgan fingerprint density at radius 2 is 1.84 bits per heavy atom. The van der Waals surface area contributed by atoms with Gasteiger partial charge >= 0.3 is 6.18 Å². The SMILES string of the molecule is Nc1cc(OCc2ccccc2)c2cc(C(=O)CC(F)(F)F)oc2c1. The fraction of sp³-hybridized carbons (Fsp3) is 0.167. The van der Waals surface area contributed by atoms with Crippen molar-refractivity contribution >= 4 is 22.4 Å². The van der Waals surface area contributed by atoms with E-state index in [0.29, 0.717) is 16.8 Å². The third-order valence-corrected chi connectivity index (χ3v) is 3.49. The van der Waals surface area contributed by atoms with E-state index < -0.39 is 18.4 Å². The van der Waals surface area contributed by atoms with Gasteiger partial charge in [-0.1, -0.05) is 30.3 Å². The fourth-order valence-electron chi connectivity index (χ4n) is 2.39. The van der Waals surface area contributed by atoms with Crippen LogP contribution in [0.15, 0.2) is 52.9 Å². The second-order valence-corrected chi connectivity index (χ2v) is 5.53. The molecule has 0 atom stereocenters. The van der Waals surface area contributed by atoms with Crippen molar-refractivity contribution in [1.82, 2.24) is 0 Å². The lowest BCUT2D eigenvalue weighted by Crippen LogP contribution is -2.14. The Morgan fingerprint density at radius 1 is 1.12 bits per heavy atom. The highest BCUT2D eigenvalue weighted by molar-refractivity contribution is 5.99. The van der Waals surface area contributed by atoms with Crippen LogP contribution in [0.25, 0.3) is 11.0 Å². The average molecular weight is 349 g/mol. The van der Waals surface area contributed by atoms with Gasteiger partial charge in [-0.05, 0) is 11.6 Å². The van der Waals surface area contributed by atoms with Crippen LogP contribution in [-0.2, 0) is 6.61 Å². The van der Waals surface area contributed by atoms with Crippen molar-refractivity contribution in [3.8, 4) is 5.75 Å². The van der Waals surface area contributed by atoms with Crippen LogP contribution < -0.4 is 10.5 Å². The van der Waals surface area contributed by atoms with Crippen molar-refractivity contribution in [2.45, 2.75) is 19.2 Å². The predicted molar refractivity (Wildman–Crippen MR) is 86.4 cm³/mol. The smallest absolute Gasteiger partial charge is 0.396 e. The number of rotatable bonds is 5. The molecule has 2 aromatic carbocycles. The molecular weight excluding hydrogens is 335 g/mol. The number of alkyl halides is 3. The molecule has 0 unspecified atom stereocenters. The van der Waals surface area contributed by atoms with Crippen molar-refractivity contribution < 1.29 is 27.1 Å². The molecule has 0 aliphatic heterocycles. The maximum absolute atomic E-state index is 12.4. The number of carbonyl (C=O) groups is 1. The fourth-order valence-corrected chi connectivity index (χ4v) is 2.39. The number of furan rings is 1. The molecule has 25 heavy (non-hydrogen) atoms. The third-order valence-electron chi connectivity index (χ3n) is 3.49. The van der Waals surface area contributed by atoms with Gasteiger partial charge < -0.3 is 14.9 Å². The molecule has 0 aliphatic carbocycles. The van der Waals surface area contributed by atoms with E-state index >= 15 is 0 Å². The number of halogens is 3. The lowest BCUT2D eigenvalue weighted by molar-refractivity contribution is -0.125. The number of hydrogen-bond donors (Lipinski definition) is 1. The van der Waals surface area contributed by atoms with Gasteiger partial charge in [-0.25, -0.2) is 0 Å². The second-order valence-electron chi connectivity index (χ2n) is 5.53. The van der Waals surface area contributed by atoms with Crippen LogP contribution in [-0.4, -0.2) is 12.0 Å². The monoisotopic (exact) mass is 349 g/mol. The maximum atomic E-state index is 12.4. The normalized spacial score (nSPS) is 11.6. The van der Waals surface area contributed by atoms with Crippen LogP contribution in [0.4, 0.5) is 18.9 Å². The zero-order valence-corrected chi connectivity index (χ0v) is 13.0. The van der Waals surface area contributed by atoms with Crippen molar-refractivity contribution in [1.29, 1.82) is 0 Å². The summed E-state index contributed by atoms with van der Waals surface area (Å²) in [5.41, 5.74) is 7.21. The van der Waals surface area contributed by atoms with E-state index in [-0.39, 0.29) is 18.0 Å². The number of nitrogens with two attached hydrogens (primary N) is 1. The van der Waals surface area contributed by atoms with Gasteiger partial charge in [0.25, 0.3) is 0 Å². The number of hydrogen-bond acceptors (Lipinski definition) is 4. The van der Waals surface area contributed by atoms with E-state index in [1.165, 1.54) is 12.1 Å². The van der Waals surface area contributed by atoms with Crippen LogP contribution in [0.5, 0.6) is 5.75 Å². The first-order valence-electron chi connectivity index (χ1n) is 7.41. The van der Waals surface area contributed by atoms with Gasteiger partial charge in [0.05, 0.1) is 5.39 Å². The van der Waals surface area contributed by atoms with Gasteiger partial charge in [-0.15, -0.1) is 0 Å². The van der Waals surface area contributed by atoms with E-state index in [9.17, 15) is 18.0 Å². The Labute approximate surface area is 141 Å². The molecule has 1 aromatic heterocycles. The summed E-state index contributed by atoms with van der Waals surface area (Å²) in [5.74, 6) is -1.17. The first kappa shape index (κ1) is 16.9. The van der Waals surface area contributed by atoms with Crippen LogP contribution >= 0.6 is 0 Å². The largest absolute Gasteiger partial charge is 0.488 e. The molecule has 2 N–H and O–H groups in total. The van der Waals surface area contributed by atoms with Crippen molar-refractivity contribution in [2.24, 2.45) is 0 Å². The Morgan fingerprint density at radius 3 is 2.52 bits per heavy atom. The van der Waals surface area contributed by atoms with Gasteiger partial charge in [0.1, 0.15) is 24.4 Å². The average Bonchev–Trinajstić information content (AvgIpc) is 2.96. The van der Waals surface area contributed by atoms with Crippen molar-refractivity contribution in [3.05, 3.63) is 59.9 Å². The molecule has 0 saturated carbocycles. The van der Waals surface area contributed by atoms with E-state index in [4.69, 9.17) is 14.9 Å². The summed E-state index contributed by atoms with van der Waals surface area (Å²) < 4.78 is 48.1. The van der Waals surface area contributed by atoms with E-state index in [1.54, 1.807) is 6.07 Å². The molecule has 0 radical (unpaired) electrons. The van der Waals surface area contributed by atoms with E-state index in [0.717, 1.165) is 5.56 Å². The molecule has 3 aromatic rings. The molecule has 0 aliphatic rings. The summed E-state index contributed by atoms with van der Waals surface area (Å²) in [5, 5.41) is 0.399. The molecule has 0 saturated heterocycles. The zero-order valence-electron chi connectivity index (χ0n) is 13.0. The van der Waals surface area contributed by atoms with Gasteiger partial charge in [-0.2, -0.15) is 13.2 Å². The number of ketones is 1. The van der Waals surface area contributed by atoms with Gasteiger partial charge in [0.15, 0.2) is 5.76 Å². The minimum Gasteiger partial charge on any atom is -0.488 e. The Hall–Kier alpha value is -2.96. The van der Waals surface area contributed by atoms with Crippen LogP contribution in [0, 0.1) is 0 Å². The molecule has 0 fully saturated rings. The number of carbonyl (C=O) groups excluding carboxylic acids is 1. The highest BCUT2D eigenvalue weighted by atomic mass is 19.4. The minimum atomic E-state index is -4.60. The first-order valence-corrected chi connectivity index (χ1v) is 7.41. The summed E-state index contributed by atoms with van der Waals surface area (Å²) >= 11 is 0.